The second-order valence-electron chi connectivity index (χ2n) is 5.02. The lowest BCUT2D eigenvalue weighted by Gasteiger charge is -2.06. The fourth-order valence-electron chi connectivity index (χ4n) is 2.01. The van der Waals surface area contributed by atoms with Gasteiger partial charge in [-0.2, -0.15) is 0 Å². The van der Waals surface area contributed by atoms with Gasteiger partial charge in [0.25, 0.3) is 5.91 Å². The Balaban J connectivity index is 1.52. The number of aryl methyl sites for hydroxylation is 1. The van der Waals surface area contributed by atoms with Crippen LogP contribution < -0.4 is 10.1 Å². The number of carbonyl (C=O) groups excluding carboxylic acids is 1. The number of hydrogen-bond donors (Lipinski definition) is 1. The van der Waals surface area contributed by atoms with Gasteiger partial charge in [0.15, 0.2) is 6.61 Å². The Morgan fingerprint density at radius 2 is 2.08 bits per heavy atom. The normalized spacial score (nSPS) is 10.6. The molecule has 0 saturated carbocycles. The maximum Gasteiger partial charge on any atom is 0.258 e. The quantitative estimate of drug-likeness (QED) is 0.721. The molecular formula is C17H15FN2O2S2. The van der Waals surface area contributed by atoms with Gasteiger partial charge in [-0.1, -0.05) is 6.07 Å². The van der Waals surface area contributed by atoms with Gasteiger partial charge in [0.1, 0.15) is 16.6 Å². The van der Waals surface area contributed by atoms with E-state index in [2.05, 4.69) is 10.3 Å². The zero-order valence-electron chi connectivity index (χ0n) is 12.9. The number of nitrogens with zero attached hydrogens (tertiary/aromatic N) is 1. The van der Waals surface area contributed by atoms with E-state index in [9.17, 15) is 9.18 Å². The molecule has 2 aromatic heterocycles. The first-order valence-corrected chi connectivity index (χ1v) is 8.96. The van der Waals surface area contributed by atoms with Gasteiger partial charge in [-0.15, -0.1) is 22.7 Å². The Morgan fingerprint density at radius 3 is 2.79 bits per heavy atom. The van der Waals surface area contributed by atoms with Crippen LogP contribution in [0, 0.1) is 12.7 Å². The minimum atomic E-state index is -0.339. The highest BCUT2D eigenvalue weighted by Gasteiger charge is 2.11. The Kier molecular flexibility index (Phi) is 5.22. The summed E-state index contributed by atoms with van der Waals surface area (Å²) in [7, 11) is 0. The van der Waals surface area contributed by atoms with Crippen molar-refractivity contribution in [3.63, 3.8) is 0 Å². The summed E-state index contributed by atoms with van der Waals surface area (Å²) in [5, 5.41) is 5.80. The lowest BCUT2D eigenvalue weighted by Crippen LogP contribution is -2.28. The number of carbonyl (C=O) groups is 1. The fraction of sp³-hybridized carbons (Fsp3) is 0.176. The van der Waals surface area contributed by atoms with Crippen molar-refractivity contribution in [2.75, 3.05) is 6.61 Å². The molecule has 7 heteroatoms. The fourth-order valence-corrected chi connectivity index (χ4v) is 3.81. The Bertz CT molecular complexity index is 814. The van der Waals surface area contributed by atoms with Crippen molar-refractivity contribution in [2.45, 2.75) is 13.5 Å². The van der Waals surface area contributed by atoms with Crippen LogP contribution in [-0.4, -0.2) is 17.5 Å². The predicted octanol–water partition coefficient (Wildman–Crippen LogP) is 4.01. The molecule has 0 radical (unpaired) electrons. The summed E-state index contributed by atoms with van der Waals surface area (Å²) in [5.74, 6) is -0.112. The molecule has 1 amide bonds. The summed E-state index contributed by atoms with van der Waals surface area (Å²) in [6, 6.07) is 9.58. The van der Waals surface area contributed by atoms with Crippen LogP contribution in [0.3, 0.4) is 0 Å². The number of aromatic nitrogens is 1. The van der Waals surface area contributed by atoms with Crippen LogP contribution in [0.15, 0.2) is 41.8 Å². The first-order chi connectivity index (χ1) is 11.6. The lowest BCUT2D eigenvalue weighted by molar-refractivity contribution is -0.123. The highest BCUT2D eigenvalue weighted by Crippen LogP contribution is 2.30. The monoisotopic (exact) mass is 362 g/mol. The maximum absolute atomic E-state index is 12.8. The van der Waals surface area contributed by atoms with E-state index in [1.165, 1.54) is 24.3 Å². The molecule has 0 aliphatic heterocycles. The number of thiazole rings is 1. The number of ether oxygens (including phenoxy) is 1. The number of halogens is 1. The van der Waals surface area contributed by atoms with E-state index in [1.54, 1.807) is 22.7 Å². The van der Waals surface area contributed by atoms with Crippen molar-refractivity contribution in [3.8, 4) is 15.6 Å². The molecule has 0 bridgehead atoms. The summed E-state index contributed by atoms with van der Waals surface area (Å²) >= 11 is 3.22. The number of amides is 1. The van der Waals surface area contributed by atoms with Crippen LogP contribution in [0.4, 0.5) is 4.39 Å². The second kappa shape index (κ2) is 7.55. The Labute approximate surface area is 146 Å². The maximum atomic E-state index is 12.8. The molecule has 0 saturated heterocycles. The number of thiophene rings is 1. The Hall–Kier alpha value is -2.25. The van der Waals surface area contributed by atoms with E-state index in [1.807, 2.05) is 24.4 Å². The van der Waals surface area contributed by atoms with Gasteiger partial charge in [-0.05, 0) is 42.6 Å². The summed E-state index contributed by atoms with van der Waals surface area (Å²) in [5.41, 5.74) is 0.920. The zero-order valence-corrected chi connectivity index (χ0v) is 14.5. The Morgan fingerprint density at radius 1 is 1.29 bits per heavy atom. The van der Waals surface area contributed by atoms with Crippen LogP contribution in [0.1, 0.15) is 10.6 Å². The highest BCUT2D eigenvalue weighted by atomic mass is 32.1. The third kappa shape index (κ3) is 4.18. The van der Waals surface area contributed by atoms with E-state index >= 15 is 0 Å². The largest absolute Gasteiger partial charge is 0.484 e. The molecule has 0 aliphatic rings. The van der Waals surface area contributed by atoms with Crippen molar-refractivity contribution >= 4 is 28.6 Å². The molecule has 2 heterocycles. The minimum absolute atomic E-state index is 0.110. The van der Waals surface area contributed by atoms with Crippen molar-refractivity contribution in [1.82, 2.24) is 10.3 Å². The molecule has 0 unspecified atom stereocenters. The van der Waals surface area contributed by atoms with E-state index < -0.39 is 0 Å². The molecule has 3 rings (SSSR count). The average molecular weight is 362 g/mol. The zero-order chi connectivity index (χ0) is 16.9. The average Bonchev–Trinajstić information content (AvgIpc) is 3.22. The predicted molar refractivity (Wildman–Crippen MR) is 93.9 cm³/mol. The van der Waals surface area contributed by atoms with Crippen LogP contribution >= 0.6 is 22.7 Å². The summed E-state index contributed by atoms with van der Waals surface area (Å²) in [6.45, 7) is 2.24. The van der Waals surface area contributed by atoms with E-state index in [0.29, 0.717) is 12.3 Å². The highest BCUT2D eigenvalue weighted by molar-refractivity contribution is 7.21. The molecular weight excluding hydrogens is 347 g/mol. The molecule has 124 valence electrons. The molecule has 0 aliphatic carbocycles. The first kappa shape index (κ1) is 16.6. The van der Waals surface area contributed by atoms with Gasteiger partial charge in [0.05, 0.1) is 17.1 Å². The van der Waals surface area contributed by atoms with Gasteiger partial charge in [-0.25, -0.2) is 9.37 Å². The second-order valence-corrected chi connectivity index (χ2v) is 7.06. The number of hydrogen-bond acceptors (Lipinski definition) is 5. The topological polar surface area (TPSA) is 51.2 Å². The molecule has 1 N–H and O–H groups in total. The first-order valence-electron chi connectivity index (χ1n) is 7.27. The van der Waals surface area contributed by atoms with Crippen molar-refractivity contribution in [3.05, 3.63) is 58.2 Å². The SMILES string of the molecule is Cc1nc(-c2cccs2)sc1CNC(=O)COc1ccc(F)cc1. The molecule has 1 aromatic carbocycles. The lowest BCUT2D eigenvalue weighted by atomic mass is 10.3. The molecule has 3 aromatic rings. The van der Waals surface area contributed by atoms with Crippen LogP contribution in [-0.2, 0) is 11.3 Å². The van der Waals surface area contributed by atoms with Gasteiger partial charge >= 0.3 is 0 Å². The van der Waals surface area contributed by atoms with Gasteiger partial charge < -0.3 is 10.1 Å². The van der Waals surface area contributed by atoms with Crippen LogP contribution in [0.2, 0.25) is 0 Å². The van der Waals surface area contributed by atoms with E-state index in [4.69, 9.17) is 4.74 Å². The third-order valence-corrected chi connectivity index (χ3v) is 5.45. The van der Waals surface area contributed by atoms with Crippen molar-refractivity contribution in [2.24, 2.45) is 0 Å². The van der Waals surface area contributed by atoms with Crippen LogP contribution in [0.5, 0.6) is 5.75 Å². The smallest absolute Gasteiger partial charge is 0.258 e. The summed E-state index contributed by atoms with van der Waals surface area (Å²) in [6.07, 6.45) is 0. The van der Waals surface area contributed by atoms with E-state index in [0.717, 1.165) is 20.5 Å². The van der Waals surface area contributed by atoms with Gasteiger partial charge in [0, 0.05) is 4.88 Å². The van der Waals surface area contributed by atoms with E-state index in [-0.39, 0.29) is 18.3 Å². The molecule has 4 nitrogen and oxygen atoms in total. The molecule has 0 atom stereocenters. The summed E-state index contributed by atoms with van der Waals surface area (Å²) in [4.78, 5) is 18.6. The number of nitrogens with one attached hydrogen (secondary N) is 1. The number of rotatable bonds is 6. The van der Waals surface area contributed by atoms with Crippen molar-refractivity contribution < 1.29 is 13.9 Å². The molecule has 0 spiro atoms. The standard InChI is InChI=1S/C17H15FN2O2S2/c1-11-15(24-17(20-11)14-3-2-8-23-14)9-19-16(21)10-22-13-6-4-12(18)5-7-13/h2-8H,9-10H2,1H3,(H,19,21). The summed E-state index contributed by atoms with van der Waals surface area (Å²) < 4.78 is 18.1. The van der Waals surface area contributed by atoms with Crippen molar-refractivity contribution in [1.29, 1.82) is 0 Å². The van der Waals surface area contributed by atoms with Gasteiger partial charge in [0.2, 0.25) is 0 Å². The third-order valence-electron chi connectivity index (χ3n) is 3.25. The van der Waals surface area contributed by atoms with Crippen LogP contribution in [0.25, 0.3) is 9.88 Å². The minimum Gasteiger partial charge on any atom is -0.484 e. The molecule has 0 fully saturated rings. The number of benzene rings is 1. The van der Waals surface area contributed by atoms with Gasteiger partial charge in [-0.3, -0.25) is 4.79 Å². The molecule has 24 heavy (non-hydrogen) atoms.